The van der Waals surface area contributed by atoms with Crippen molar-refractivity contribution in [3.63, 3.8) is 0 Å². The average molecular weight is 733 g/mol. The highest BCUT2D eigenvalue weighted by Crippen LogP contribution is 2.43. The number of carbonyl (C=O) groups excluding carboxylic acids is 2. The predicted octanol–water partition coefficient (Wildman–Crippen LogP) is 8.05. The van der Waals surface area contributed by atoms with Gasteiger partial charge in [-0.05, 0) is 44.4 Å². The summed E-state index contributed by atoms with van der Waals surface area (Å²) in [5.74, 6) is -0.227. The van der Waals surface area contributed by atoms with Crippen molar-refractivity contribution in [1.82, 2.24) is 0 Å². The molecule has 0 radical (unpaired) electrons. The Kier molecular flexibility index (Phi) is 31.8. The van der Waals surface area contributed by atoms with Crippen LogP contribution in [0.4, 0.5) is 0 Å². The van der Waals surface area contributed by atoms with Gasteiger partial charge in [0.25, 0.3) is 0 Å². The zero-order valence-electron chi connectivity index (χ0n) is 31.1. The quantitative estimate of drug-likeness (QED) is 0.0166. The van der Waals surface area contributed by atoms with Crippen molar-refractivity contribution in [2.24, 2.45) is 5.92 Å². The summed E-state index contributed by atoms with van der Waals surface area (Å²) in [7, 11) is -4.63. The van der Waals surface area contributed by atoms with Crippen LogP contribution in [-0.2, 0) is 32.7 Å². The molecule has 12 heteroatoms. The van der Waals surface area contributed by atoms with E-state index in [1.165, 1.54) is 32.1 Å². The molecule has 0 aliphatic heterocycles. The van der Waals surface area contributed by atoms with E-state index < -0.39 is 57.9 Å². The highest BCUT2D eigenvalue weighted by atomic mass is 31.2. The lowest BCUT2D eigenvalue weighted by Crippen LogP contribution is -2.29. The van der Waals surface area contributed by atoms with Gasteiger partial charge < -0.3 is 29.7 Å². The molecule has 0 saturated carbocycles. The normalized spacial score (nSPS) is 15.2. The van der Waals surface area contributed by atoms with E-state index in [0.29, 0.717) is 19.3 Å². The number of phosphoric acid groups is 1. The molecule has 4 atom stereocenters. The van der Waals surface area contributed by atoms with Gasteiger partial charge in [-0.1, -0.05) is 128 Å². The van der Waals surface area contributed by atoms with Crippen LogP contribution in [0.5, 0.6) is 0 Å². The first kappa shape index (κ1) is 48.1. The summed E-state index contributed by atoms with van der Waals surface area (Å²) in [6.45, 7) is 4.37. The Labute approximate surface area is 302 Å². The van der Waals surface area contributed by atoms with Gasteiger partial charge in [-0.3, -0.25) is 18.6 Å². The third kappa shape index (κ3) is 33.3. The molecule has 0 spiro atoms. The number of esters is 2. The second-order valence-electron chi connectivity index (χ2n) is 13.3. The zero-order chi connectivity index (χ0) is 37.3. The van der Waals surface area contributed by atoms with E-state index in [2.05, 4.69) is 31.4 Å². The van der Waals surface area contributed by atoms with Crippen molar-refractivity contribution in [1.29, 1.82) is 0 Å². The molecule has 0 heterocycles. The minimum Gasteiger partial charge on any atom is -0.462 e. The lowest BCUT2D eigenvalue weighted by molar-refractivity contribution is -0.161. The van der Waals surface area contributed by atoms with Crippen molar-refractivity contribution in [2.75, 3.05) is 26.4 Å². The molecule has 50 heavy (non-hydrogen) atoms. The number of aliphatic hydroxyl groups excluding tert-OH is 3. The second kappa shape index (κ2) is 33.0. The SMILES string of the molecule is CC/C=C/CC(O)/C=C/C=C/CCCCCCCC(=O)O[C@H](COC(=O)CCCCCCCCCCC(C)C)COP(=O)(O)OC[C@@H](O)CO. The summed E-state index contributed by atoms with van der Waals surface area (Å²) in [5, 5.41) is 28.1. The minimum absolute atomic E-state index is 0.138. The maximum Gasteiger partial charge on any atom is 0.472 e. The number of carbonyl (C=O) groups is 2. The van der Waals surface area contributed by atoms with E-state index in [9.17, 15) is 29.3 Å². The Morgan fingerprint density at radius 2 is 1.30 bits per heavy atom. The van der Waals surface area contributed by atoms with Crippen molar-refractivity contribution in [3.05, 3.63) is 36.5 Å². The highest BCUT2D eigenvalue weighted by molar-refractivity contribution is 7.47. The first-order valence-corrected chi connectivity index (χ1v) is 20.4. The van der Waals surface area contributed by atoms with E-state index in [1.54, 1.807) is 6.08 Å². The van der Waals surface area contributed by atoms with Gasteiger partial charge in [0.15, 0.2) is 6.10 Å². The summed E-state index contributed by atoms with van der Waals surface area (Å²) >= 11 is 0. The Morgan fingerprint density at radius 3 is 1.92 bits per heavy atom. The fourth-order valence-corrected chi connectivity index (χ4v) is 5.65. The van der Waals surface area contributed by atoms with Crippen LogP contribution < -0.4 is 0 Å². The fourth-order valence-electron chi connectivity index (χ4n) is 4.86. The van der Waals surface area contributed by atoms with Crippen LogP contribution >= 0.6 is 7.82 Å². The summed E-state index contributed by atoms with van der Waals surface area (Å²) in [5.41, 5.74) is 0. The standard InChI is InChI=1S/C38H69O11P/c1-4-5-19-25-34(40)26-21-16-12-7-6-8-14-18-23-28-38(43)49-36(32-48-50(44,45)47-30-35(41)29-39)31-46-37(42)27-22-17-13-10-9-11-15-20-24-33(2)3/h5,12,16,19,21,26,33-36,39-41H,4,6-11,13-15,17-18,20,22-25,27-32H2,1-3H3,(H,44,45)/b16-12+,19-5+,26-21+/t34?,35-,36+/m0/s1. The molecule has 0 fully saturated rings. The number of allylic oxidation sites excluding steroid dienone is 4. The summed E-state index contributed by atoms with van der Waals surface area (Å²) in [6.07, 6.45) is 26.1. The molecule has 0 aliphatic carbocycles. The molecule has 0 aromatic rings. The van der Waals surface area contributed by atoms with E-state index in [1.807, 2.05) is 24.3 Å². The first-order valence-electron chi connectivity index (χ1n) is 18.9. The lowest BCUT2D eigenvalue weighted by Gasteiger charge is -2.20. The van der Waals surface area contributed by atoms with Crippen molar-refractivity contribution >= 4 is 19.8 Å². The molecule has 0 bridgehead atoms. The number of hydrogen-bond acceptors (Lipinski definition) is 10. The summed E-state index contributed by atoms with van der Waals surface area (Å²) in [6, 6.07) is 0. The predicted molar refractivity (Wildman–Crippen MR) is 197 cm³/mol. The number of rotatable bonds is 34. The number of ether oxygens (including phenoxy) is 2. The van der Waals surface area contributed by atoms with E-state index in [-0.39, 0.29) is 19.4 Å². The molecule has 292 valence electrons. The molecule has 0 amide bonds. The maximum atomic E-state index is 12.5. The molecule has 0 saturated heterocycles. The van der Waals surface area contributed by atoms with Crippen LogP contribution in [-0.4, -0.2) is 76.9 Å². The van der Waals surface area contributed by atoms with E-state index >= 15 is 0 Å². The second-order valence-corrected chi connectivity index (χ2v) is 14.7. The zero-order valence-corrected chi connectivity index (χ0v) is 32.0. The smallest absolute Gasteiger partial charge is 0.462 e. The molecule has 0 rings (SSSR count). The Bertz CT molecular complexity index is 966. The van der Waals surface area contributed by atoms with Crippen molar-refractivity contribution in [2.45, 2.75) is 161 Å². The van der Waals surface area contributed by atoms with Gasteiger partial charge in [-0.2, -0.15) is 0 Å². The summed E-state index contributed by atoms with van der Waals surface area (Å²) in [4.78, 5) is 34.8. The lowest BCUT2D eigenvalue weighted by atomic mass is 10.0. The molecule has 0 aromatic heterocycles. The van der Waals surface area contributed by atoms with E-state index in [4.69, 9.17) is 19.1 Å². The molecule has 11 nitrogen and oxygen atoms in total. The van der Waals surface area contributed by atoms with Gasteiger partial charge in [0, 0.05) is 12.8 Å². The van der Waals surface area contributed by atoms with Crippen LogP contribution in [0.1, 0.15) is 143 Å². The molecule has 4 N–H and O–H groups in total. The number of aliphatic hydroxyl groups is 3. The molecule has 2 unspecified atom stereocenters. The Morgan fingerprint density at radius 1 is 0.720 bits per heavy atom. The van der Waals surface area contributed by atoms with Gasteiger partial charge in [-0.25, -0.2) is 4.57 Å². The highest BCUT2D eigenvalue weighted by Gasteiger charge is 2.27. The summed E-state index contributed by atoms with van der Waals surface area (Å²) < 4.78 is 32.5. The van der Waals surface area contributed by atoms with Crippen LogP contribution in [0, 0.1) is 5.92 Å². The van der Waals surface area contributed by atoms with Crippen LogP contribution in [0.25, 0.3) is 0 Å². The van der Waals surface area contributed by atoms with Gasteiger partial charge in [0.1, 0.15) is 12.7 Å². The topological polar surface area (TPSA) is 169 Å². The van der Waals surface area contributed by atoms with Crippen molar-refractivity contribution < 1.29 is 52.9 Å². The number of unbranched alkanes of at least 4 members (excludes halogenated alkanes) is 12. The van der Waals surface area contributed by atoms with E-state index in [0.717, 1.165) is 63.7 Å². The third-order valence-corrected chi connectivity index (χ3v) is 8.77. The fraction of sp³-hybridized carbons (Fsp3) is 0.789. The third-order valence-electron chi connectivity index (χ3n) is 7.82. The Hall–Kier alpha value is -1.85. The monoisotopic (exact) mass is 732 g/mol. The number of phosphoric ester groups is 1. The maximum absolute atomic E-state index is 12.5. The van der Waals surface area contributed by atoms with Gasteiger partial charge in [0.2, 0.25) is 0 Å². The molecule has 0 aromatic carbocycles. The van der Waals surface area contributed by atoms with Crippen LogP contribution in [0.2, 0.25) is 0 Å². The van der Waals surface area contributed by atoms with Gasteiger partial charge >= 0.3 is 19.8 Å². The van der Waals surface area contributed by atoms with Crippen molar-refractivity contribution in [3.8, 4) is 0 Å². The molecule has 0 aliphatic rings. The van der Waals surface area contributed by atoms with Gasteiger partial charge in [-0.15, -0.1) is 0 Å². The number of hydrogen-bond donors (Lipinski definition) is 4. The minimum atomic E-state index is -4.63. The first-order chi connectivity index (χ1) is 24.0. The molecular weight excluding hydrogens is 663 g/mol. The van der Waals surface area contributed by atoms with Gasteiger partial charge in [0.05, 0.1) is 25.9 Å². The average Bonchev–Trinajstić information content (AvgIpc) is 3.08. The molecular formula is C38H69O11P. The largest absolute Gasteiger partial charge is 0.472 e. The Balaban J connectivity index is 4.46. The van der Waals surface area contributed by atoms with Crippen LogP contribution in [0.15, 0.2) is 36.5 Å². The van der Waals surface area contributed by atoms with Crippen LogP contribution in [0.3, 0.4) is 0 Å².